The molecule has 0 aromatic heterocycles. The molecule has 1 aromatic rings. The van der Waals surface area contributed by atoms with Gasteiger partial charge in [-0.05, 0) is 47.8 Å². The van der Waals surface area contributed by atoms with E-state index in [1.165, 1.54) is 16.7 Å². The molecule has 0 radical (unpaired) electrons. The highest BCUT2D eigenvalue weighted by Crippen LogP contribution is 2.32. The van der Waals surface area contributed by atoms with Crippen molar-refractivity contribution in [1.82, 2.24) is 0 Å². The van der Waals surface area contributed by atoms with Crippen LogP contribution < -0.4 is 0 Å². The van der Waals surface area contributed by atoms with E-state index >= 15 is 0 Å². The molecular weight excluding hydrogens is 240 g/mol. The summed E-state index contributed by atoms with van der Waals surface area (Å²) in [6.07, 6.45) is 4.43. The van der Waals surface area contributed by atoms with Gasteiger partial charge in [-0.2, -0.15) is 0 Å². The zero-order chi connectivity index (χ0) is 13.8. The molecule has 0 fully saturated rings. The molecule has 18 heavy (non-hydrogen) atoms. The van der Waals surface area contributed by atoms with Crippen LogP contribution in [0.2, 0.25) is 0 Å². The molecule has 0 bridgehead atoms. The number of alkyl halides is 1. The summed E-state index contributed by atoms with van der Waals surface area (Å²) in [5.41, 5.74) is 4.57. The topological polar surface area (TPSA) is 0 Å². The third-order valence-electron chi connectivity index (χ3n) is 3.50. The van der Waals surface area contributed by atoms with E-state index in [0.29, 0.717) is 5.41 Å². The summed E-state index contributed by atoms with van der Waals surface area (Å²) < 4.78 is 0. The molecule has 0 N–H and O–H groups in total. The van der Waals surface area contributed by atoms with Crippen molar-refractivity contribution in [2.24, 2.45) is 5.41 Å². The van der Waals surface area contributed by atoms with Gasteiger partial charge in [0.2, 0.25) is 0 Å². The lowest BCUT2D eigenvalue weighted by molar-refractivity contribution is 0.363. The molecule has 1 rings (SSSR count). The van der Waals surface area contributed by atoms with Crippen LogP contribution in [-0.4, -0.2) is 0 Å². The molecule has 1 atom stereocenters. The first kappa shape index (κ1) is 15.6. The van der Waals surface area contributed by atoms with Gasteiger partial charge in [0.15, 0.2) is 0 Å². The molecule has 1 aromatic carbocycles. The Hall–Kier alpha value is -0.490. The van der Waals surface area contributed by atoms with E-state index in [9.17, 15) is 0 Å². The Labute approximate surface area is 118 Å². The molecule has 0 nitrogen and oxygen atoms in total. The number of benzene rings is 1. The van der Waals surface area contributed by atoms with Crippen molar-refractivity contribution in [3.05, 3.63) is 34.9 Å². The number of aryl methyl sites for hydroxylation is 2. The van der Waals surface area contributed by atoms with Crippen LogP contribution in [0.3, 0.4) is 0 Å². The zero-order valence-electron chi connectivity index (χ0n) is 12.5. The minimum Gasteiger partial charge on any atom is -0.118 e. The van der Waals surface area contributed by atoms with Gasteiger partial charge in [-0.15, -0.1) is 11.6 Å². The molecule has 0 saturated heterocycles. The fraction of sp³-hybridized carbons (Fsp3) is 0.647. The van der Waals surface area contributed by atoms with Gasteiger partial charge in [-0.25, -0.2) is 0 Å². The largest absolute Gasteiger partial charge is 0.118 e. The van der Waals surface area contributed by atoms with Gasteiger partial charge >= 0.3 is 0 Å². The van der Waals surface area contributed by atoms with Crippen LogP contribution in [0.25, 0.3) is 0 Å². The Bertz CT molecular complexity index is 374. The molecule has 0 saturated carbocycles. The molecule has 0 spiro atoms. The molecule has 0 amide bonds. The Morgan fingerprint density at radius 1 is 1.06 bits per heavy atom. The second-order valence-electron chi connectivity index (χ2n) is 6.30. The lowest BCUT2D eigenvalue weighted by Gasteiger charge is -2.20. The summed E-state index contributed by atoms with van der Waals surface area (Å²) in [5.74, 6) is 0. The third-order valence-corrected chi connectivity index (χ3v) is 3.97. The quantitative estimate of drug-likeness (QED) is 0.581. The number of hydrogen-bond donors (Lipinski definition) is 0. The lowest BCUT2D eigenvalue weighted by Crippen LogP contribution is -2.06. The minimum atomic E-state index is 0.153. The van der Waals surface area contributed by atoms with E-state index in [2.05, 4.69) is 52.8 Å². The van der Waals surface area contributed by atoms with Gasteiger partial charge in [0, 0.05) is 0 Å². The molecule has 102 valence electrons. The van der Waals surface area contributed by atoms with E-state index < -0.39 is 0 Å². The average Bonchev–Trinajstić information content (AvgIpc) is 2.34. The maximum atomic E-state index is 6.54. The average molecular weight is 267 g/mol. The van der Waals surface area contributed by atoms with Crippen molar-refractivity contribution < 1.29 is 0 Å². The first-order valence-electron chi connectivity index (χ1n) is 7.13. The van der Waals surface area contributed by atoms with Crippen molar-refractivity contribution in [2.75, 3.05) is 0 Å². The molecule has 1 unspecified atom stereocenters. The Morgan fingerprint density at radius 2 is 1.67 bits per heavy atom. The summed E-state index contributed by atoms with van der Waals surface area (Å²) in [5, 5.41) is 0.153. The highest BCUT2D eigenvalue weighted by molar-refractivity contribution is 6.20. The maximum Gasteiger partial charge on any atom is 0.0585 e. The number of hydrogen-bond acceptors (Lipinski definition) is 0. The highest BCUT2D eigenvalue weighted by Gasteiger charge is 2.15. The number of rotatable bonds is 5. The van der Waals surface area contributed by atoms with Crippen molar-refractivity contribution in [3.8, 4) is 0 Å². The second kappa shape index (κ2) is 6.61. The maximum absolute atomic E-state index is 6.54. The molecule has 0 aliphatic heterocycles. The van der Waals surface area contributed by atoms with Crippen LogP contribution in [0, 0.1) is 5.41 Å². The van der Waals surface area contributed by atoms with Crippen LogP contribution in [0.15, 0.2) is 18.2 Å². The summed E-state index contributed by atoms with van der Waals surface area (Å²) in [7, 11) is 0. The van der Waals surface area contributed by atoms with Gasteiger partial charge in [0.25, 0.3) is 0 Å². The first-order valence-corrected chi connectivity index (χ1v) is 7.56. The fourth-order valence-corrected chi connectivity index (χ4v) is 2.49. The van der Waals surface area contributed by atoms with Crippen LogP contribution in [0.5, 0.6) is 0 Å². The second-order valence-corrected chi connectivity index (χ2v) is 6.83. The Balaban J connectivity index is 2.77. The van der Waals surface area contributed by atoms with Crippen LogP contribution in [-0.2, 0) is 12.8 Å². The predicted octanol–water partition coefficient (Wildman–Crippen LogP) is 5.92. The minimum absolute atomic E-state index is 0.153. The van der Waals surface area contributed by atoms with Gasteiger partial charge in [-0.1, -0.05) is 52.8 Å². The van der Waals surface area contributed by atoms with Crippen LogP contribution in [0.1, 0.15) is 69.5 Å². The van der Waals surface area contributed by atoms with E-state index in [1.807, 2.05) is 0 Å². The van der Waals surface area contributed by atoms with Gasteiger partial charge < -0.3 is 0 Å². The van der Waals surface area contributed by atoms with Crippen molar-refractivity contribution in [1.29, 1.82) is 0 Å². The summed E-state index contributed by atoms with van der Waals surface area (Å²) in [4.78, 5) is 0. The smallest absolute Gasteiger partial charge is 0.0585 e. The summed E-state index contributed by atoms with van der Waals surface area (Å²) in [6.45, 7) is 11.2. The van der Waals surface area contributed by atoms with Crippen molar-refractivity contribution >= 4 is 11.6 Å². The Morgan fingerprint density at radius 3 is 2.17 bits per heavy atom. The zero-order valence-corrected chi connectivity index (χ0v) is 13.3. The first-order chi connectivity index (χ1) is 8.37. The lowest BCUT2D eigenvalue weighted by atomic mass is 9.88. The van der Waals surface area contributed by atoms with E-state index in [-0.39, 0.29) is 5.38 Å². The predicted molar refractivity (Wildman–Crippen MR) is 82.5 cm³/mol. The highest BCUT2D eigenvalue weighted by atomic mass is 35.5. The van der Waals surface area contributed by atoms with Crippen molar-refractivity contribution in [2.45, 2.75) is 65.7 Å². The molecule has 0 heterocycles. The van der Waals surface area contributed by atoms with E-state index in [1.54, 1.807) is 0 Å². The molecule has 1 heteroatoms. The van der Waals surface area contributed by atoms with Gasteiger partial charge in [0.05, 0.1) is 5.38 Å². The molecule has 0 aliphatic rings. The van der Waals surface area contributed by atoms with E-state index in [4.69, 9.17) is 11.6 Å². The summed E-state index contributed by atoms with van der Waals surface area (Å²) >= 11 is 6.54. The third kappa shape index (κ3) is 4.65. The Kier molecular flexibility index (Phi) is 5.72. The standard InChI is InChI=1S/C17H27Cl/c1-6-13-8-9-15(12-14(13)7-2)16(18)10-11-17(3,4)5/h8-9,12,16H,6-7,10-11H2,1-5H3. The van der Waals surface area contributed by atoms with Gasteiger partial charge in [-0.3, -0.25) is 0 Å². The monoisotopic (exact) mass is 266 g/mol. The normalized spacial score (nSPS) is 13.7. The number of halogens is 1. The van der Waals surface area contributed by atoms with E-state index in [0.717, 1.165) is 25.7 Å². The van der Waals surface area contributed by atoms with Gasteiger partial charge in [0.1, 0.15) is 0 Å². The fourth-order valence-electron chi connectivity index (χ4n) is 2.24. The summed E-state index contributed by atoms with van der Waals surface area (Å²) in [6, 6.07) is 6.76. The molecule has 0 aliphatic carbocycles. The van der Waals surface area contributed by atoms with Crippen LogP contribution >= 0.6 is 11.6 Å². The molecular formula is C17H27Cl. The SMILES string of the molecule is CCc1ccc(C(Cl)CCC(C)(C)C)cc1CC. The van der Waals surface area contributed by atoms with Crippen molar-refractivity contribution in [3.63, 3.8) is 0 Å². The van der Waals surface area contributed by atoms with Crippen LogP contribution in [0.4, 0.5) is 0 Å².